The highest BCUT2D eigenvalue weighted by molar-refractivity contribution is 7.89. The third-order valence-electron chi connectivity index (χ3n) is 4.46. The molecule has 1 fully saturated rings. The van der Waals surface area contributed by atoms with E-state index >= 15 is 0 Å². The molecule has 3 rings (SSSR count). The van der Waals surface area contributed by atoms with Gasteiger partial charge < -0.3 is 10.4 Å². The van der Waals surface area contributed by atoms with Crippen LogP contribution in [-0.2, 0) is 14.8 Å². The number of carbonyl (C=O) groups excluding carboxylic acids is 1. The number of hydrogen-bond donors (Lipinski definition) is 2. The van der Waals surface area contributed by atoms with Gasteiger partial charge >= 0.3 is 0 Å². The molecule has 9 heteroatoms. The van der Waals surface area contributed by atoms with Gasteiger partial charge in [-0.15, -0.1) is 0 Å². The van der Waals surface area contributed by atoms with Crippen LogP contribution in [0.4, 0.5) is 5.69 Å². The van der Waals surface area contributed by atoms with Crippen LogP contribution in [0, 0.1) is 5.92 Å². The average Bonchev–Trinajstić information content (AvgIpc) is 2.61. The number of benzene rings is 2. The van der Waals surface area contributed by atoms with Crippen LogP contribution in [0.15, 0.2) is 47.4 Å². The highest BCUT2D eigenvalue weighted by Gasteiger charge is 2.34. The molecule has 0 bridgehead atoms. The van der Waals surface area contributed by atoms with E-state index in [9.17, 15) is 18.3 Å². The fourth-order valence-electron chi connectivity index (χ4n) is 3.04. The number of piperidine rings is 1. The largest absolute Gasteiger partial charge is 0.508 e. The third kappa shape index (κ3) is 4.38. The number of nitrogens with one attached hydrogen (secondary N) is 1. The molecule has 1 heterocycles. The van der Waals surface area contributed by atoms with E-state index < -0.39 is 10.0 Å². The van der Waals surface area contributed by atoms with Crippen molar-refractivity contribution in [1.29, 1.82) is 0 Å². The molecule has 0 aromatic heterocycles. The molecule has 1 aliphatic heterocycles. The molecule has 0 aliphatic carbocycles. The molecule has 144 valence electrons. The summed E-state index contributed by atoms with van der Waals surface area (Å²) in [7, 11) is -3.83. The maximum atomic E-state index is 12.9. The first-order valence-corrected chi connectivity index (χ1v) is 10.5. The molecular formula is C18H18Cl2N2O4S. The van der Waals surface area contributed by atoms with Gasteiger partial charge in [0.2, 0.25) is 15.9 Å². The first-order valence-electron chi connectivity index (χ1n) is 8.33. The van der Waals surface area contributed by atoms with Crippen LogP contribution >= 0.6 is 23.2 Å². The number of halogens is 2. The number of phenolic OH excluding ortho intramolecular Hbond substituents is 1. The van der Waals surface area contributed by atoms with Crippen LogP contribution in [-0.4, -0.2) is 36.8 Å². The molecule has 2 aromatic rings. The second kappa shape index (κ2) is 8.06. The third-order valence-corrected chi connectivity index (χ3v) is 7.31. The predicted octanol–water partition coefficient (Wildman–Crippen LogP) is 3.74. The van der Waals surface area contributed by atoms with E-state index in [1.54, 1.807) is 18.2 Å². The number of nitrogens with zero attached hydrogens (tertiary/aromatic N) is 1. The molecule has 0 spiro atoms. The minimum atomic E-state index is -3.83. The molecule has 2 aromatic carbocycles. The molecule has 1 saturated heterocycles. The molecule has 2 N–H and O–H groups in total. The van der Waals surface area contributed by atoms with Gasteiger partial charge in [-0.3, -0.25) is 4.79 Å². The lowest BCUT2D eigenvalue weighted by atomic mass is 9.97. The summed E-state index contributed by atoms with van der Waals surface area (Å²) in [4.78, 5) is 12.3. The Labute approximate surface area is 167 Å². The van der Waals surface area contributed by atoms with Crippen molar-refractivity contribution < 1.29 is 18.3 Å². The Hall–Kier alpha value is -1.80. The van der Waals surface area contributed by atoms with Crippen LogP contribution in [0.25, 0.3) is 0 Å². The van der Waals surface area contributed by atoms with Crippen molar-refractivity contribution in [2.45, 2.75) is 17.7 Å². The molecule has 1 amide bonds. The van der Waals surface area contributed by atoms with Crippen molar-refractivity contribution in [3.05, 3.63) is 52.5 Å². The molecule has 0 radical (unpaired) electrons. The molecular weight excluding hydrogens is 411 g/mol. The minimum absolute atomic E-state index is 0.0605. The smallest absolute Gasteiger partial charge is 0.246 e. The summed E-state index contributed by atoms with van der Waals surface area (Å²) in [5, 5.41) is 12.4. The summed E-state index contributed by atoms with van der Waals surface area (Å²) in [6, 6.07) is 10.8. The Morgan fingerprint density at radius 3 is 2.26 bits per heavy atom. The van der Waals surface area contributed by atoms with Gasteiger partial charge in [0.25, 0.3) is 0 Å². The van der Waals surface area contributed by atoms with Crippen LogP contribution in [0.3, 0.4) is 0 Å². The van der Waals surface area contributed by atoms with Crippen molar-refractivity contribution in [2.24, 2.45) is 5.92 Å². The Bertz CT molecular complexity index is 937. The number of phenols is 1. The summed E-state index contributed by atoms with van der Waals surface area (Å²) < 4.78 is 27.0. The van der Waals surface area contributed by atoms with E-state index in [4.69, 9.17) is 23.2 Å². The lowest BCUT2D eigenvalue weighted by Gasteiger charge is -2.31. The van der Waals surface area contributed by atoms with E-state index in [2.05, 4.69) is 5.32 Å². The maximum Gasteiger partial charge on any atom is 0.246 e. The summed E-state index contributed by atoms with van der Waals surface area (Å²) in [5.74, 6) is -0.459. The highest BCUT2D eigenvalue weighted by atomic mass is 35.5. The molecule has 0 saturated carbocycles. The van der Waals surface area contributed by atoms with Crippen molar-refractivity contribution in [1.82, 2.24) is 4.31 Å². The number of amides is 1. The first-order chi connectivity index (χ1) is 12.8. The lowest BCUT2D eigenvalue weighted by molar-refractivity contribution is -0.120. The fraction of sp³-hybridized carbons (Fsp3) is 0.278. The predicted molar refractivity (Wildman–Crippen MR) is 105 cm³/mol. The van der Waals surface area contributed by atoms with Gasteiger partial charge in [0.1, 0.15) is 10.6 Å². The van der Waals surface area contributed by atoms with Gasteiger partial charge in [-0.25, -0.2) is 8.42 Å². The SMILES string of the molecule is O=C(Nc1cccc(O)c1)C1CCN(S(=O)(=O)c2c(Cl)cccc2Cl)CC1. The summed E-state index contributed by atoms with van der Waals surface area (Å²) in [6.07, 6.45) is 0.762. The van der Waals surface area contributed by atoms with Crippen molar-refractivity contribution >= 4 is 44.8 Å². The molecule has 0 unspecified atom stereocenters. The van der Waals surface area contributed by atoms with Gasteiger partial charge in [-0.2, -0.15) is 4.31 Å². The van der Waals surface area contributed by atoms with Crippen LogP contribution in [0.2, 0.25) is 10.0 Å². The number of aromatic hydroxyl groups is 1. The van der Waals surface area contributed by atoms with E-state index in [1.165, 1.54) is 28.6 Å². The monoisotopic (exact) mass is 428 g/mol. The summed E-state index contributed by atoms with van der Waals surface area (Å²) in [6.45, 7) is 0.393. The van der Waals surface area contributed by atoms with Crippen LogP contribution in [0.1, 0.15) is 12.8 Å². The number of carbonyl (C=O) groups is 1. The highest BCUT2D eigenvalue weighted by Crippen LogP contribution is 2.33. The molecule has 6 nitrogen and oxygen atoms in total. The van der Waals surface area contributed by atoms with Crippen LogP contribution in [0.5, 0.6) is 5.75 Å². The summed E-state index contributed by atoms with van der Waals surface area (Å²) in [5.41, 5.74) is 0.498. The zero-order chi connectivity index (χ0) is 19.6. The van der Waals surface area contributed by atoms with Gasteiger partial charge in [-0.05, 0) is 37.1 Å². The average molecular weight is 429 g/mol. The van der Waals surface area contributed by atoms with Gasteiger partial charge in [0.05, 0.1) is 10.0 Å². The van der Waals surface area contributed by atoms with Crippen molar-refractivity contribution in [2.75, 3.05) is 18.4 Å². The number of sulfonamides is 1. The van der Waals surface area contributed by atoms with E-state index in [0.29, 0.717) is 18.5 Å². The van der Waals surface area contributed by atoms with Crippen LogP contribution < -0.4 is 5.32 Å². The lowest BCUT2D eigenvalue weighted by Crippen LogP contribution is -2.41. The molecule has 0 atom stereocenters. The second-order valence-corrected chi connectivity index (χ2v) is 8.96. The van der Waals surface area contributed by atoms with Crippen molar-refractivity contribution in [3.8, 4) is 5.75 Å². The summed E-state index contributed by atoms with van der Waals surface area (Å²) >= 11 is 12.1. The van der Waals surface area contributed by atoms with E-state index in [1.807, 2.05) is 0 Å². The van der Waals surface area contributed by atoms with Crippen molar-refractivity contribution in [3.63, 3.8) is 0 Å². The maximum absolute atomic E-state index is 12.9. The Morgan fingerprint density at radius 2 is 1.67 bits per heavy atom. The minimum Gasteiger partial charge on any atom is -0.508 e. The Kier molecular flexibility index (Phi) is 5.95. The number of anilines is 1. The number of rotatable bonds is 4. The number of hydrogen-bond acceptors (Lipinski definition) is 4. The van der Waals surface area contributed by atoms with Gasteiger partial charge in [0, 0.05) is 30.8 Å². The second-order valence-electron chi connectivity index (χ2n) is 6.27. The fourth-order valence-corrected chi connectivity index (χ4v) is 5.61. The Balaban J connectivity index is 1.67. The zero-order valence-electron chi connectivity index (χ0n) is 14.2. The topological polar surface area (TPSA) is 86.7 Å². The normalized spacial score (nSPS) is 16.2. The quantitative estimate of drug-likeness (QED) is 0.776. The van der Waals surface area contributed by atoms with Gasteiger partial charge in [-0.1, -0.05) is 35.3 Å². The van der Waals surface area contributed by atoms with Gasteiger partial charge in [0.15, 0.2) is 0 Å². The van der Waals surface area contributed by atoms with E-state index in [-0.39, 0.29) is 45.6 Å². The van der Waals surface area contributed by atoms with E-state index in [0.717, 1.165) is 0 Å². The zero-order valence-corrected chi connectivity index (χ0v) is 16.6. The Morgan fingerprint density at radius 1 is 1.07 bits per heavy atom. The first kappa shape index (κ1) is 19.9. The molecule has 27 heavy (non-hydrogen) atoms. The molecule has 1 aliphatic rings. The standard InChI is InChI=1S/C18H18Cl2N2O4S/c19-15-5-2-6-16(20)17(15)27(25,26)22-9-7-12(8-10-22)18(24)21-13-3-1-4-14(23)11-13/h1-6,11-12,23H,7-10H2,(H,21,24).